The van der Waals surface area contributed by atoms with Crippen molar-refractivity contribution in [1.29, 1.82) is 0 Å². The molecule has 1 saturated carbocycles. The Morgan fingerprint density at radius 3 is 2.60 bits per heavy atom. The zero-order valence-electron chi connectivity index (χ0n) is 8.73. The first-order valence-corrected chi connectivity index (χ1v) is 5.90. The van der Waals surface area contributed by atoms with E-state index in [-0.39, 0.29) is 17.2 Å². The van der Waals surface area contributed by atoms with Crippen LogP contribution in [0, 0.1) is 17.2 Å². The maximum Gasteiger partial charge on any atom is 0.126 e. The fourth-order valence-electron chi connectivity index (χ4n) is 2.40. The largest absolute Gasteiger partial charge is 0.207 e. The standard InChI is InChI=1S/C12H13Cl2F/c1-12(2)9(6-13)11(12)8-5-7(14)3-4-10(8)15/h3-5,9,11H,6H2,1-2H3. The molecule has 3 heteroatoms. The molecule has 0 spiro atoms. The highest BCUT2D eigenvalue weighted by molar-refractivity contribution is 6.30. The van der Waals surface area contributed by atoms with Crippen LogP contribution in [0.2, 0.25) is 5.02 Å². The van der Waals surface area contributed by atoms with Gasteiger partial charge in [0.15, 0.2) is 0 Å². The topological polar surface area (TPSA) is 0 Å². The predicted octanol–water partition coefficient (Wildman–Crippen LogP) is 4.46. The summed E-state index contributed by atoms with van der Waals surface area (Å²) in [6.45, 7) is 4.23. The molecular weight excluding hydrogens is 234 g/mol. The van der Waals surface area contributed by atoms with Crippen molar-refractivity contribution in [2.24, 2.45) is 11.3 Å². The van der Waals surface area contributed by atoms with Gasteiger partial charge >= 0.3 is 0 Å². The molecular formula is C12H13Cl2F. The molecule has 1 aromatic carbocycles. The summed E-state index contributed by atoms with van der Waals surface area (Å²) in [4.78, 5) is 0. The van der Waals surface area contributed by atoms with Gasteiger partial charge in [0.25, 0.3) is 0 Å². The summed E-state index contributed by atoms with van der Waals surface area (Å²) < 4.78 is 13.6. The highest BCUT2D eigenvalue weighted by Crippen LogP contribution is 2.65. The Bertz CT molecular complexity index is 387. The Hall–Kier alpha value is -0.270. The van der Waals surface area contributed by atoms with E-state index < -0.39 is 0 Å². The van der Waals surface area contributed by atoms with Crippen molar-refractivity contribution in [3.63, 3.8) is 0 Å². The molecule has 1 aliphatic carbocycles. The Kier molecular flexibility index (Phi) is 2.72. The number of halogens is 3. The van der Waals surface area contributed by atoms with Crippen LogP contribution >= 0.6 is 23.2 Å². The van der Waals surface area contributed by atoms with Crippen LogP contribution in [0.4, 0.5) is 4.39 Å². The number of hydrogen-bond acceptors (Lipinski definition) is 0. The molecule has 0 N–H and O–H groups in total. The minimum Gasteiger partial charge on any atom is -0.207 e. The molecule has 15 heavy (non-hydrogen) atoms. The molecule has 0 aliphatic heterocycles. The fraction of sp³-hybridized carbons (Fsp3) is 0.500. The van der Waals surface area contributed by atoms with Gasteiger partial charge in [-0.2, -0.15) is 0 Å². The van der Waals surface area contributed by atoms with Crippen LogP contribution in [0.25, 0.3) is 0 Å². The lowest BCUT2D eigenvalue weighted by molar-refractivity contribution is 0.562. The second kappa shape index (κ2) is 3.64. The minimum atomic E-state index is -0.176. The molecule has 0 amide bonds. The lowest BCUT2D eigenvalue weighted by atomic mass is 10.0. The van der Waals surface area contributed by atoms with Crippen molar-refractivity contribution < 1.29 is 4.39 Å². The van der Waals surface area contributed by atoms with Crippen LogP contribution in [-0.2, 0) is 0 Å². The molecule has 2 atom stereocenters. The van der Waals surface area contributed by atoms with Crippen LogP contribution < -0.4 is 0 Å². The average Bonchev–Trinajstić information content (AvgIpc) is 2.72. The van der Waals surface area contributed by atoms with Crippen LogP contribution in [0.15, 0.2) is 18.2 Å². The number of benzene rings is 1. The summed E-state index contributed by atoms with van der Waals surface area (Å²) in [6.07, 6.45) is 0. The summed E-state index contributed by atoms with van der Waals surface area (Å²) >= 11 is 11.7. The van der Waals surface area contributed by atoms with Gasteiger partial charge < -0.3 is 0 Å². The molecule has 0 nitrogen and oxygen atoms in total. The van der Waals surface area contributed by atoms with Gasteiger partial charge in [0.1, 0.15) is 5.82 Å². The van der Waals surface area contributed by atoms with Crippen molar-refractivity contribution in [2.45, 2.75) is 19.8 Å². The minimum absolute atomic E-state index is 0.0905. The second-order valence-electron chi connectivity index (χ2n) is 4.73. The zero-order valence-corrected chi connectivity index (χ0v) is 10.2. The number of hydrogen-bond donors (Lipinski definition) is 0. The van der Waals surface area contributed by atoms with E-state index >= 15 is 0 Å². The number of rotatable bonds is 2. The highest BCUT2D eigenvalue weighted by atomic mass is 35.5. The second-order valence-corrected chi connectivity index (χ2v) is 5.47. The SMILES string of the molecule is CC1(C)C(CCl)C1c1cc(Cl)ccc1F. The van der Waals surface area contributed by atoms with Crippen LogP contribution in [0.5, 0.6) is 0 Å². The maximum absolute atomic E-state index is 13.6. The smallest absolute Gasteiger partial charge is 0.126 e. The molecule has 82 valence electrons. The lowest BCUT2D eigenvalue weighted by Crippen LogP contribution is -1.93. The average molecular weight is 247 g/mol. The van der Waals surface area contributed by atoms with Crippen molar-refractivity contribution >= 4 is 23.2 Å². The molecule has 2 rings (SSSR count). The Labute approximate surface area is 99.4 Å². The van der Waals surface area contributed by atoms with Crippen molar-refractivity contribution in [3.8, 4) is 0 Å². The first kappa shape index (κ1) is 11.2. The molecule has 1 aromatic rings. The summed E-state index contributed by atoms with van der Waals surface area (Å²) in [7, 11) is 0. The van der Waals surface area contributed by atoms with Crippen molar-refractivity contribution in [3.05, 3.63) is 34.6 Å². The third kappa shape index (κ3) is 1.76. The molecule has 1 aliphatic rings. The quantitative estimate of drug-likeness (QED) is 0.677. The van der Waals surface area contributed by atoms with Gasteiger partial charge in [-0.05, 0) is 41.0 Å². The van der Waals surface area contributed by atoms with E-state index in [2.05, 4.69) is 13.8 Å². The van der Waals surface area contributed by atoms with E-state index in [1.54, 1.807) is 12.1 Å². The van der Waals surface area contributed by atoms with Gasteiger partial charge in [0, 0.05) is 10.9 Å². The van der Waals surface area contributed by atoms with Gasteiger partial charge in [0.2, 0.25) is 0 Å². The molecule has 0 bridgehead atoms. The first-order chi connectivity index (χ1) is 6.98. The van der Waals surface area contributed by atoms with Gasteiger partial charge in [0.05, 0.1) is 0 Å². The van der Waals surface area contributed by atoms with E-state index in [0.717, 1.165) is 0 Å². The molecule has 0 saturated heterocycles. The van der Waals surface area contributed by atoms with Gasteiger partial charge in [-0.25, -0.2) is 4.39 Å². The fourth-order valence-corrected chi connectivity index (χ4v) is 3.16. The van der Waals surface area contributed by atoms with Gasteiger partial charge in [-0.1, -0.05) is 25.4 Å². The summed E-state index contributed by atoms with van der Waals surface area (Å²) in [5, 5.41) is 0.586. The summed E-state index contributed by atoms with van der Waals surface area (Å²) in [5.41, 5.74) is 0.797. The zero-order chi connectivity index (χ0) is 11.2. The molecule has 0 aromatic heterocycles. The highest BCUT2D eigenvalue weighted by Gasteiger charge is 2.58. The lowest BCUT2D eigenvalue weighted by Gasteiger charge is -2.05. The van der Waals surface area contributed by atoms with Crippen molar-refractivity contribution in [2.75, 3.05) is 5.88 Å². The van der Waals surface area contributed by atoms with Crippen molar-refractivity contribution in [1.82, 2.24) is 0 Å². The summed E-state index contributed by atoms with van der Waals surface area (Å²) in [5.74, 6) is 0.954. The normalized spacial score (nSPS) is 27.8. The van der Waals surface area contributed by atoms with E-state index in [9.17, 15) is 4.39 Å². The van der Waals surface area contributed by atoms with Crippen LogP contribution in [0.1, 0.15) is 25.3 Å². The predicted molar refractivity (Wildman–Crippen MR) is 62.1 cm³/mol. The molecule has 0 radical (unpaired) electrons. The van der Waals surface area contributed by atoms with Crippen LogP contribution in [0.3, 0.4) is 0 Å². The van der Waals surface area contributed by atoms with E-state index in [1.807, 2.05) is 0 Å². The molecule has 1 fully saturated rings. The third-order valence-corrected chi connectivity index (χ3v) is 4.08. The number of alkyl halides is 1. The first-order valence-electron chi connectivity index (χ1n) is 4.99. The Morgan fingerprint density at radius 2 is 2.07 bits per heavy atom. The van der Waals surface area contributed by atoms with E-state index in [0.29, 0.717) is 22.4 Å². The monoisotopic (exact) mass is 246 g/mol. The molecule has 0 heterocycles. The summed E-state index contributed by atoms with van der Waals surface area (Å²) in [6, 6.07) is 4.72. The Balaban J connectivity index is 2.36. The Morgan fingerprint density at radius 1 is 1.40 bits per heavy atom. The molecule has 2 unspecified atom stereocenters. The van der Waals surface area contributed by atoms with E-state index in [4.69, 9.17) is 23.2 Å². The van der Waals surface area contributed by atoms with E-state index in [1.165, 1.54) is 6.07 Å². The van der Waals surface area contributed by atoms with Crippen LogP contribution in [-0.4, -0.2) is 5.88 Å². The third-order valence-electron chi connectivity index (χ3n) is 3.51. The van der Waals surface area contributed by atoms with Gasteiger partial charge in [-0.15, -0.1) is 11.6 Å². The maximum atomic E-state index is 13.6. The van der Waals surface area contributed by atoms with Gasteiger partial charge in [-0.3, -0.25) is 0 Å².